The summed E-state index contributed by atoms with van der Waals surface area (Å²) in [7, 11) is 0. The second kappa shape index (κ2) is 7.34. The topological polar surface area (TPSA) is 55.1 Å². The summed E-state index contributed by atoms with van der Waals surface area (Å²) in [5.41, 5.74) is 6.83. The highest BCUT2D eigenvalue weighted by Gasteiger charge is 2.17. The Morgan fingerprint density at radius 2 is 2.11 bits per heavy atom. The van der Waals surface area contributed by atoms with Crippen molar-refractivity contribution < 1.29 is 4.79 Å². The van der Waals surface area contributed by atoms with Gasteiger partial charge in [-0.2, -0.15) is 0 Å². The van der Waals surface area contributed by atoms with Crippen LogP contribution in [-0.2, 0) is 4.79 Å². The summed E-state index contributed by atoms with van der Waals surface area (Å²) in [6.07, 6.45) is 2.97. The first kappa shape index (κ1) is 14.9. The van der Waals surface area contributed by atoms with Gasteiger partial charge in [-0.25, -0.2) is 0 Å². The molecule has 1 aromatic rings. The lowest BCUT2D eigenvalue weighted by Gasteiger charge is -2.19. The highest BCUT2D eigenvalue weighted by Crippen LogP contribution is 2.19. The summed E-state index contributed by atoms with van der Waals surface area (Å²) in [6.45, 7) is 5.62. The average Bonchev–Trinajstić information content (AvgIpc) is 2.37. The van der Waals surface area contributed by atoms with Crippen molar-refractivity contribution in [3.8, 4) is 0 Å². The fraction of sp³-hybridized carbons (Fsp3) is 0.357. The van der Waals surface area contributed by atoms with Crippen LogP contribution in [0.2, 0.25) is 0 Å². The van der Waals surface area contributed by atoms with Gasteiger partial charge in [0.05, 0.1) is 12.1 Å². The van der Waals surface area contributed by atoms with Gasteiger partial charge in [-0.15, -0.1) is 6.58 Å². The van der Waals surface area contributed by atoms with E-state index in [9.17, 15) is 4.79 Å². The fourth-order valence-corrected chi connectivity index (χ4v) is 1.95. The molecule has 0 spiro atoms. The van der Waals surface area contributed by atoms with Crippen LogP contribution in [-0.4, -0.2) is 11.9 Å². The van der Waals surface area contributed by atoms with Gasteiger partial charge in [0.2, 0.25) is 5.91 Å². The molecule has 2 unspecified atom stereocenters. The van der Waals surface area contributed by atoms with E-state index < -0.39 is 6.04 Å². The van der Waals surface area contributed by atoms with Gasteiger partial charge >= 0.3 is 0 Å². The summed E-state index contributed by atoms with van der Waals surface area (Å²) >= 11 is 3.39. The van der Waals surface area contributed by atoms with E-state index in [1.807, 2.05) is 31.2 Å². The predicted octanol–water partition coefficient (Wildman–Crippen LogP) is 2.92. The maximum Gasteiger partial charge on any atom is 0.237 e. The monoisotopic (exact) mass is 310 g/mol. The maximum absolute atomic E-state index is 11.8. The SMILES string of the molecule is C=CCC(N)C(=O)NC(CC)c1ccc(Br)cc1. The quantitative estimate of drug-likeness (QED) is 0.794. The smallest absolute Gasteiger partial charge is 0.237 e. The molecule has 1 amide bonds. The molecule has 0 aliphatic carbocycles. The molecule has 3 nitrogen and oxygen atoms in total. The molecule has 4 heteroatoms. The first-order chi connectivity index (χ1) is 8.58. The van der Waals surface area contributed by atoms with E-state index in [1.54, 1.807) is 6.08 Å². The Hall–Kier alpha value is -1.13. The van der Waals surface area contributed by atoms with Crippen LogP contribution in [0.1, 0.15) is 31.4 Å². The van der Waals surface area contributed by atoms with Crippen LogP contribution < -0.4 is 11.1 Å². The molecule has 0 aliphatic rings. The molecule has 3 N–H and O–H groups in total. The number of halogens is 1. The van der Waals surface area contributed by atoms with Crippen LogP contribution in [0.5, 0.6) is 0 Å². The minimum absolute atomic E-state index is 0.00136. The van der Waals surface area contributed by atoms with Crippen LogP contribution in [0.3, 0.4) is 0 Å². The molecule has 0 aliphatic heterocycles. The number of carbonyl (C=O) groups is 1. The summed E-state index contributed by atoms with van der Waals surface area (Å²) in [5.74, 6) is -0.135. The van der Waals surface area contributed by atoms with Crippen molar-refractivity contribution >= 4 is 21.8 Å². The molecule has 1 rings (SSSR count). The minimum Gasteiger partial charge on any atom is -0.348 e. The molecule has 2 atom stereocenters. The molecule has 0 aromatic heterocycles. The first-order valence-corrected chi connectivity index (χ1v) is 6.80. The number of hydrogen-bond acceptors (Lipinski definition) is 2. The standard InChI is InChI=1S/C14H19BrN2O/c1-3-5-12(16)14(18)17-13(4-2)10-6-8-11(15)9-7-10/h3,6-9,12-13H,1,4-5,16H2,2H3,(H,17,18). The van der Waals surface area contributed by atoms with Crippen LogP contribution in [0, 0.1) is 0 Å². The number of amides is 1. The van der Waals surface area contributed by atoms with Gasteiger partial charge in [-0.05, 0) is 30.5 Å². The Labute approximate surface area is 117 Å². The Morgan fingerprint density at radius 1 is 1.50 bits per heavy atom. The van der Waals surface area contributed by atoms with E-state index in [0.717, 1.165) is 16.5 Å². The Kier molecular flexibility index (Phi) is 6.09. The fourth-order valence-electron chi connectivity index (χ4n) is 1.68. The summed E-state index contributed by atoms with van der Waals surface area (Å²) < 4.78 is 1.02. The molecule has 1 aromatic carbocycles. The number of hydrogen-bond donors (Lipinski definition) is 2. The highest BCUT2D eigenvalue weighted by molar-refractivity contribution is 9.10. The molecule has 18 heavy (non-hydrogen) atoms. The van der Waals surface area contributed by atoms with Gasteiger partial charge in [0, 0.05) is 4.47 Å². The van der Waals surface area contributed by atoms with Crippen LogP contribution in [0.15, 0.2) is 41.4 Å². The van der Waals surface area contributed by atoms with E-state index in [-0.39, 0.29) is 11.9 Å². The molecule has 0 bridgehead atoms. The van der Waals surface area contributed by atoms with Gasteiger partial charge in [0.25, 0.3) is 0 Å². The zero-order valence-electron chi connectivity index (χ0n) is 10.5. The lowest BCUT2D eigenvalue weighted by molar-refractivity contribution is -0.123. The van der Waals surface area contributed by atoms with Gasteiger partial charge in [0.15, 0.2) is 0 Å². The summed E-state index contributed by atoms with van der Waals surface area (Å²) in [4.78, 5) is 11.8. The molecule has 0 saturated carbocycles. The van der Waals surface area contributed by atoms with Gasteiger partial charge in [0.1, 0.15) is 0 Å². The van der Waals surface area contributed by atoms with Crippen molar-refractivity contribution in [2.24, 2.45) is 5.73 Å². The minimum atomic E-state index is -0.521. The summed E-state index contributed by atoms with van der Waals surface area (Å²) in [6, 6.07) is 7.41. The van der Waals surface area contributed by atoms with Crippen LogP contribution >= 0.6 is 15.9 Å². The highest BCUT2D eigenvalue weighted by atomic mass is 79.9. The number of nitrogens with one attached hydrogen (secondary N) is 1. The normalized spacial score (nSPS) is 13.7. The first-order valence-electron chi connectivity index (χ1n) is 6.00. The zero-order valence-corrected chi connectivity index (χ0v) is 12.1. The second-order valence-electron chi connectivity index (χ2n) is 4.15. The largest absolute Gasteiger partial charge is 0.348 e. The van der Waals surface area contributed by atoms with Crippen molar-refractivity contribution in [3.63, 3.8) is 0 Å². The third-order valence-corrected chi connectivity index (χ3v) is 3.28. The van der Waals surface area contributed by atoms with Gasteiger partial charge < -0.3 is 11.1 Å². The number of benzene rings is 1. The van der Waals surface area contributed by atoms with Crippen LogP contribution in [0.25, 0.3) is 0 Å². The number of carbonyl (C=O) groups excluding carboxylic acids is 1. The van der Waals surface area contributed by atoms with Gasteiger partial charge in [-0.3, -0.25) is 4.79 Å². The van der Waals surface area contributed by atoms with E-state index in [2.05, 4.69) is 27.8 Å². The molecule has 0 heterocycles. The number of rotatable bonds is 6. The Bertz CT molecular complexity index is 403. The molecular weight excluding hydrogens is 292 g/mol. The van der Waals surface area contributed by atoms with E-state index in [1.165, 1.54) is 0 Å². The number of nitrogens with two attached hydrogens (primary N) is 1. The van der Waals surface area contributed by atoms with Crippen molar-refractivity contribution in [1.82, 2.24) is 5.32 Å². The maximum atomic E-state index is 11.8. The Balaban J connectivity index is 2.70. The zero-order chi connectivity index (χ0) is 13.5. The average molecular weight is 311 g/mol. The van der Waals surface area contributed by atoms with Crippen molar-refractivity contribution in [2.45, 2.75) is 31.8 Å². The lowest BCUT2D eigenvalue weighted by Crippen LogP contribution is -2.41. The second-order valence-corrected chi connectivity index (χ2v) is 5.07. The summed E-state index contributed by atoms with van der Waals surface area (Å²) in [5, 5.41) is 2.96. The third kappa shape index (κ3) is 4.27. The molecule has 98 valence electrons. The Morgan fingerprint density at radius 3 is 2.61 bits per heavy atom. The predicted molar refractivity (Wildman–Crippen MR) is 78.1 cm³/mol. The molecule has 0 radical (unpaired) electrons. The van der Waals surface area contributed by atoms with E-state index >= 15 is 0 Å². The third-order valence-electron chi connectivity index (χ3n) is 2.75. The molecule has 0 fully saturated rings. The van der Waals surface area contributed by atoms with Crippen molar-refractivity contribution in [1.29, 1.82) is 0 Å². The van der Waals surface area contributed by atoms with Gasteiger partial charge in [-0.1, -0.05) is 41.1 Å². The lowest BCUT2D eigenvalue weighted by atomic mass is 10.0. The van der Waals surface area contributed by atoms with Crippen molar-refractivity contribution in [2.75, 3.05) is 0 Å². The molecule has 0 saturated heterocycles. The van der Waals surface area contributed by atoms with Crippen LogP contribution in [0.4, 0.5) is 0 Å². The van der Waals surface area contributed by atoms with E-state index in [4.69, 9.17) is 5.73 Å². The van der Waals surface area contributed by atoms with E-state index in [0.29, 0.717) is 6.42 Å². The molecular formula is C14H19BrN2O. The van der Waals surface area contributed by atoms with Crippen molar-refractivity contribution in [3.05, 3.63) is 47.0 Å².